The van der Waals surface area contributed by atoms with Gasteiger partial charge in [-0.1, -0.05) is 6.07 Å². The zero-order valence-electron chi connectivity index (χ0n) is 15.1. The Balaban J connectivity index is 2.16. The van der Waals surface area contributed by atoms with Crippen LogP contribution in [0.3, 0.4) is 0 Å². The maximum absolute atomic E-state index is 13.2. The first-order valence-corrected chi connectivity index (χ1v) is 9.38. The molecule has 2 heterocycles. The highest BCUT2D eigenvalue weighted by Gasteiger charge is 2.36. The predicted octanol–water partition coefficient (Wildman–Crippen LogP) is 2.78. The van der Waals surface area contributed by atoms with E-state index in [1.807, 2.05) is 4.72 Å². The summed E-state index contributed by atoms with van der Waals surface area (Å²) in [6, 6.07) is 3.25. The van der Waals surface area contributed by atoms with Gasteiger partial charge in [-0.15, -0.1) is 5.10 Å². The molecule has 0 aliphatic heterocycles. The molecule has 1 aromatic carbocycles. The Bertz CT molecular complexity index is 1250. The molecule has 0 bridgehead atoms. The number of aromatic nitrogens is 4. The highest BCUT2D eigenvalue weighted by Crippen LogP contribution is 2.33. The Hall–Kier alpha value is -3.29. The van der Waals surface area contributed by atoms with Crippen molar-refractivity contribution < 1.29 is 26.5 Å². The normalized spacial score (nSPS) is 12.3. The summed E-state index contributed by atoms with van der Waals surface area (Å²) in [6.07, 6.45) is -4.83. The third kappa shape index (κ3) is 3.70. The van der Waals surface area contributed by atoms with E-state index in [1.54, 1.807) is 6.92 Å². The summed E-state index contributed by atoms with van der Waals surface area (Å²) in [7, 11) is -4.65. The van der Waals surface area contributed by atoms with Gasteiger partial charge in [0.25, 0.3) is 26.6 Å². The van der Waals surface area contributed by atoms with E-state index < -0.39 is 43.4 Å². The summed E-state index contributed by atoms with van der Waals surface area (Å²) in [4.78, 5) is 17.8. The average Bonchev–Trinajstić information content (AvgIpc) is 3.01. The smallest absolute Gasteiger partial charge is 0.270 e. The van der Waals surface area contributed by atoms with E-state index in [0.29, 0.717) is 11.6 Å². The van der Waals surface area contributed by atoms with Crippen LogP contribution in [-0.2, 0) is 16.2 Å². The van der Waals surface area contributed by atoms with Gasteiger partial charge in [-0.2, -0.15) is 31.1 Å². The lowest BCUT2D eigenvalue weighted by Gasteiger charge is -2.11. The van der Waals surface area contributed by atoms with Crippen LogP contribution in [0.15, 0.2) is 23.4 Å². The summed E-state index contributed by atoms with van der Waals surface area (Å²) < 4.78 is 67.3. The van der Waals surface area contributed by atoms with E-state index in [-0.39, 0.29) is 21.5 Å². The van der Waals surface area contributed by atoms with Gasteiger partial charge in [0.2, 0.25) is 0 Å². The number of anilines is 1. The number of halogens is 3. The van der Waals surface area contributed by atoms with Crippen molar-refractivity contribution in [2.75, 3.05) is 4.72 Å². The maximum Gasteiger partial charge on any atom is 0.433 e. The first-order chi connectivity index (χ1) is 13.3. The topological polar surface area (TPSA) is 132 Å². The fourth-order valence-electron chi connectivity index (χ4n) is 2.55. The van der Waals surface area contributed by atoms with Crippen LogP contribution in [0.4, 0.5) is 24.5 Å². The van der Waals surface area contributed by atoms with Crippen molar-refractivity contribution in [1.29, 1.82) is 0 Å². The van der Waals surface area contributed by atoms with Gasteiger partial charge in [-0.3, -0.25) is 14.8 Å². The summed E-state index contributed by atoms with van der Waals surface area (Å²) >= 11 is 0. The largest absolute Gasteiger partial charge is 0.433 e. The lowest BCUT2D eigenvalue weighted by Crippen LogP contribution is -2.17. The quantitative estimate of drug-likeness (QED) is 0.497. The van der Waals surface area contributed by atoms with Gasteiger partial charge in [0.15, 0.2) is 5.69 Å². The Morgan fingerprint density at radius 1 is 1.17 bits per heavy atom. The summed E-state index contributed by atoms with van der Waals surface area (Å²) in [5.74, 6) is -0.576. The zero-order chi connectivity index (χ0) is 21.7. The van der Waals surface area contributed by atoms with E-state index in [9.17, 15) is 31.7 Å². The molecule has 2 aromatic heterocycles. The molecule has 0 spiro atoms. The molecule has 0 saturated heterocycles. The molecule has 0 atom stereocenters. The molecule has 1 N–H and O–H groups in total. The summed E-state index contributed by atoms with van der Waals surface area (Å²) in [5.41, 5.74) is -1.31. The molecule has 0 aliphatic rings. The second kappa shape index (κ2) is 6.65. The monoisotopic (exact) mass is 430 g/mol. The Kier molecular flexibility index (Phi) is 4.69. The number of rotatable bonds is 4. The number of alkyl halides is 3. The Labute approximate surface area is 161 Å². The molecule has 3 rings (SSSR count). The molecule has 0 amide bonds. The first-order valence-electron chi connectivity index (χ1n) is 7.90. The first kappa shape index (κ1) is 20.4. The van der Waals surface area contributed by atoms with Crippen molar-refractivity contribution in [3.8, 4) is 0 Å². The highest BCUT2D eigenvalue weighted by atomic mass is 32.2. The van der Waals surface area contributed by atoms with Crippen molar-refractivity contribution in [3.63, 3.8) is 0 Å². The molecule has 154 valence electrons. The Morgan fingerprint density at radius 2 is 1.83 bits per heavy atom. The fraction of sp³-hybridized carbons (Fsp3) is 0.267. The van der Waals surface area contributed by atoms with Gasteiger partial charge in [-0.05, 0) is 38.0 Å². The van der Waals surface area contributed by atoms with E-state index >= 15 is 0 Å². The molecule has 10 nitrogen and oxygen atoms in total. The van der Waals surface area contributed by atoms with E-state index in [0.717, 1.165) is 6.07 Å². The van der Waals surface area contributed by atoms with E-state index in [4.69, 9.17) is 0 Å². The van der Waals surface area contributed by atoms with Gasteiger partial charge < -0.3 is 0 Å². The molecule has 0 radical (unpaired) electrons. The van der Waals surface area contributed by atoms with Crippen LogP contribution in [0.5, 0.6) is 0 Å². The van der Waals surface area contributed by atoms with Crippen LogP contribution >= 0.6 is 0 Å². The maximum atomic E-state index is 13.2. The number of nitro groups is 1. The number of nitro benzene ring substituents is 1. The zero-order valence-corrected chi connectivity index (χ0v) is 16.0. The molecular formula is C15H13F3N6O4S. The molecule has 3 aromatic rings. The van der Waals surface area contributed by atoms with Gasteiger partial charge in [0, 0.05) is 11.8 Å². The number of hydrogen-bond donors (Lipinski definition) is 1. The van der Waals surface area contributed by atoms with Crippen molar-refractivity contribution in [3.05, 3.63) is 50.8 Å². The number of nitrogens with one attached hydrogen (secondary N) is 1. The standard InChI is InChI=1S/C15H13F3N6O4S/c1-7-4-5-10(24(25)26)12(9(7)3)22-29(27,28)14-20-13-19-8(2)6-11(15(16,17)18)23(13)21-14/h4-6,22H,1-3H3. The third-order valence-electron chi connectivity index (χ3n) is 4.10. The minimum absolute atomic E-state index is 0.0423. The second-order valence-electron chi connectivity index (χ2n) is 6.15. The van der Waals surface area contributed by atoms with Crippen LogP contribution in [0.2, 0.25) is 0 Å². The molecule has 0 fully saturated rings. The number of nitrogens with zero attached hydrogens (tertiary/aromatic N) is 5. The van der Waals surface area contributed by atoms with Crippen molar-refractivity contribution in [2.45, 2.75) is 32.1 Å². The summed E-state index contributed by atoms with van der Waals surface area (Å²) in [6.45, 7) is 4.36. The number of fused-ring (bicyclic) bond motifs is 1. The van der Waals surface area contributed by atoms with Crippen molar-refractivity contribution in [2.24, 2.45) is 0 Å². The van der Waals surface area contributed by atoms with Crippen LogP contribution in [0, 0.1) is 30.9 Å². The van der Waals surface area contributed by atoms with Gasteiger partial charge in [0.1, 0.15) is 5.69 Å². The molecular weight excluding hydrogens is 417 g/mol. The van der Waals surface area contributed by atoms with Crippen LogP contribution < -0.4 is 4.72 Å². The van der Waals surface area contributed by atoms with Crippen LogP contribution in [0.25, 0.3) is 5.78 Å². The molecule has 14 heteroatoms. The third-order valence-corrected chi connectivity index (χ3v) is 5.23. The van der Waals surface area contributed by atoms with Crippen LogP contribution in [0.1, 0.15) is 22.5 Å². The van der Waals surface area contributed by atoms with Crippen molar-refractivity contribution >= 4 is 27.2 Å². The number of sulfonamides is 1. The van der Waals surface area contributed by atoms with Gasteiger partial charge in [-0.25, -0.2) is 4.98 Å². The molecule has 0 saturated carbocycles. The second-order valence-corrected chi connectivity index (χ2v) is 7.73. The van der Waals surface area contributed by atoms with Crippen LogP contribution in [-0.4, -0.2) is 32.9 Å². The minimum Gasteiger partial charge on any atom is -0.270 e. The minimum atomic E-state index is -4.83. The average molecular weight is 430 g/mol. The predicted molar refractivity (Wildman–Crippen MR) is 93.9 cm³/mol. The molecule has 0 aliphatic carbocycles. The number of hydrogen-bond acceptors (Lipinski definition) is 7. The Morgan fingerprint density at radius 3 is 2.41 bits per heavy atom. The van der Waals surface area contributed by atoms with Gasteiger partial charge >= 0.3 is 6.18 Å². The highest BCUT2D eigenvalue weighted by molar-refractivity contribution is 7.92. The SMILES string of the molecule is Cc1cc(C(F)(F)F)n2nc(S(=O)(=O)Nc3c([N+](=O)[O-])ccc(C)c3C)nc2n1. The lowest BCUT2D eigenvalue weighted by atomic mass is 10.1. The lowest BCUT2D eigenvalue weighted by molar-refractivity contribution is -0.383. The molecule has 0 unspecified atom stereocenters. The molecule has 29 heavy (non-hydrogen) atoms. The van der Waals surface area contributed by atoms with Gasteiger partial charge in [0.05, 0.1) is 4.92 Å². The fourth-order valence-corrected chi connectivity index (χ4v) is 3.56. The number of benzene rings is 1. The number of aryl methyl sites for hydroxylation is 2. The van der Waals surface area contributed by atoms with E-state index in [2.05, 4.69) is 15.1 Å². The summed E-state index contributed by atoms with van der Waals surface area (Å²) in [5, 5.41) is 13.7. The van der Waals surface area contributed by atoms with E-state index in [1.165, 1.54) is 19.9 Å². The van der Waals surface area contributed by atoms with Crippen molar-refractivity contribution in [1.82, 2.24) is 19.6 Å².